The molecule has 0 aromatic carbocycles. The molecule has 0 aromatic heterocycles. The molecule has 1 heterocycles. The van der Waals surface area contributed by atoms with Gasteiger partial charge in [-0.15, -0.1) is 0 Å². The van der Waals surface area contributed by atoms with Gasteiger partial charge in [0.2, 0.25) is 5.91 Å². The van der Waals surface area contributed by atoms with Gasteiger partial charge in [0.05, 0.1) is 6.61 Å². The van der Waals surface area contributed by atoms with Crippen molar-refractivity contribution in [3.8, 4) is 0 Å². The molecule has 0 saturated carbocycles. The summed E-state index contributed by atoms with van der Waals surface area (Å²) in [5, 5.41) is 12.0. The van der Waals surface area contributed by atoms with E-state index in [1.807, 2.05) is 14.1 Å². The fraction of sp³-hybridized carbons (Fsp3) is 0.900. The average Bonchev–Trinajstić information content (AvgIpc) is 2.19. The summed E-state index contributed by atoms with van der Waals surface area (Å²) in [7, 11) is 4.01. The monoisotopic (exact) mass is 215 g/mol. The van der Waals surface area contributed by atoms with Crippen LogP contribution in [0.4, 0.5) is 0 Å². The predicted molar refractivity (Wildman–Crippen MR) is 58.6 cm³/mol. The van der Waals surface area contributed by atoms with Crippen molar-refractivity contribution in [2.24, 2.45) is 0 Å². The molecule has 2 unspecified atom stereocenters. The summed E-state index contributed by atoms with van der Waals surface area (Å²) in [6, 6.07) is -0.0894. The summed E-state index contributed by atoms with van der Waals surface area (Å²) in [6.07, 6.45) is 0. The van der Waals surface area contributed by atoms with E-state index in [2.05, 4.69) is 22.0 Å². The van der Waals surface area contributed by atoms with Crippen molar-refractivity contribution in [2.45, 2.75) is 19.0 Å². The average molecular weight is 215 g/mol. The zero-order chi connectivity index (χ0) is 11.4. The van der Waals surface area contributed by atoms with Crippen molar-refractivity contribution >= 4 is 5.91 Å². The van der Waals surface area contributed by atoms with Gasteiger partial charge >= 0.3 is 0 Å². The number of aliphatic hydroxyl groups excluding tert-OH is 1. The highest BCUT2D eigenvalue weighted by atomic mass is 16.3. The number of hydrogen-bond acceptors (Lipinski definition) is 4. The van der Waals surface area contributed by atoms with E-state index in [1.165, 1.54) is 0 Å². The number of carbonyl (C=O) groups is 1. The Morgan fingerprint density at radius 1 is 1.60 bits per heavy atom. The molecule has 0 bridgehead atoms. The Morgan fingerprint density at radius 2 is 2.27 bits per heavy atom. The van der Waals surface area contributed by atoms with Gasteiger partial charge in [-0.25, -0.2) is 0 Å². The quantitative estimate of drug-likeness (QED) is 0.614. The minimum absolute atomic E-state index is 0.0608. The van der Waals surface area contributed by atoms with Crippen LogP contribution in [0.5, 0.6) is 0 Å². The fourth-order valence-corrected chi connectivity index (χ4v) is 1.82. The molecule has 1 fully saturated rings. The van der Waals surface area contributed by atoms with Crippen LogP contribution in [0, 0.1) is 0 Å². The zero-order valence-electron chi connectivity index (χ0n) is 9.73. The molecule has 0 aromatic rings. The minimum Gasteiger partial charge on any atom is -0.394 e. The predicted octanol–water partition coefficient (Wildman–Crippen LogP) is -1.27. The van der Waals surface area contributed by atoms with Crippen molar-refractivity contribution in [1.82, 2.24) is 15.1 Å². The number of nitrogens with one attached hydrogen (secondary N) is 1. The molecular weight excluding hydrogens is 194 g/mol. The molecule has 0 aliphatic carbocycles. The second-order valence-electron chi connectivity index (χ2n) is 4.33. The maximum absolute atomic E-state index is 11.5. The second kappa shape index (κ2) is 5.44. The van der Waals surface area contributed by atoms with Crippen LogP contribution in [0.1, 0.15) is 6.92 Å². The minimum atomic E-state index is -0.381. The third kappa shape index (κ3) is 3.15. The molecule has 5 heteroatoms. The van der Waals surface area contributed by atoms with Gasteiger partial charge in [0.15, 0.2) is 0 Å². The summed E-state index contributed by atoms with van der Waals surface area (Å²) in [6.45, 7) is 4.34. The number of likely N-dealkylation sites (N-methyl/N-ethyl adjacent to an activating group) is 1. The van der Waals surface area contributed by atoms with Crippen molar-refractivity contribution in [1.29, 1.82) is 0 Å². The molecule has 15 heavy (non-hydrogen) atoms. The lowest BCUT2D eigenvalue weighted by Crippen LogP contribution is -2.61. The molecule has 2 N–H and O–H groups in total. The number of rotatable bonds is 4. The van der Waals surface area contributed by atoms with Crippen LogP contribution >= 0.6 is 0 Å². The molecule has 1 aliphatic heterocycles. The first-order chi connectivity index (χ1) is 7.06. The molecule has 5 nitrogen and oxygen atoms in total. The molecular formula is C10H21N3O2. The van der Waals surface area contributed by atoms with Crippen LogP contribution < -0.4 is 5.32 Å². The molecule has 2 atom stereocenters. The van der Waals surface area contributed by atoms with Crippen LogP contribution in [0.2, 0.25) is 0 Å². The first kappa shape index (κ1) is 12.4. The number of piperazine rings is 1. The van der Waals surface area contributed by atoms with Gasteiger partial charge in [-0.3, -0.25) is 9.69 Å². The summed E-state index contributed by atoms with van der Waals surface area (Å²) in [5.41, 5.74) is 0. The maximum Gasteiger partial charge on any atom is 0.239 e. The normalized spacial score (nSPS) is 28.2. The Kier molecular flexibility index (Phi) is 4.50. The third-order valence-electron chi connectivity index (χ3n) is 2.82. The number of carbonyl (C=O) groups excluding carboxylic acids is 1. The highest BCUT2D eigenvalue weighted by Crippen LogP contribution is 2.10. The topological polar surface area (TPSA) is 55.8 Å². The SMILES string of the molecule is CC1CNC(=O)C(CO)N1CCN(C)C. The van der Waals surface area contributed by atoms with Crippen LogP contribution in [0.3, 0.4) is 0 Å². The van der Waals surface area contributed by atoms with Crippen molar-refractivity contribution < 1.29 is 9.90 Å². The van der Waals surface area contributed by atoms with Crippen molar-refractivity contribution in [3.05, 3.63) is 0 Å². The van der Waals surface area contributed by atoms with Gasteiger partial charge in [-0.1, -0.05) is 0 Å². The van der Waals surface area contributed by atoms with Gasteiger partial charge in [0, 0.05) is 25.7 Å². The molecule has 0 spiro atoms. The van der Waals surface area contributed by atoms with Crippen molar-refractivity contribution in [3.63, 3.8) is 0 Å². The largest absolute Gasteiger partial charge is 0.394 e. The van der Waals surface area contributed by atoms with Gasteiger partial charge in [-0.05, 0) is 21.0 Å². The van der Waals surface area contributed by atoms with Crippen LogP contribution in [0.15, 0.2) is 0 Å². The summed E-state index contributed by atoms with van der Waals surface area (Å²) in [4.78, 5) is 15.6. The number of nitrogens with zero attached hydrogens (tertiary/aromatic N) is 2. The van der Waals surface area contributed by atoms with E-state index in [9.17, 15) is 9.90 Å². The molecule has 1 rings (SSSR count). The third-order valence-corrected chi connectivity index (χ3v) is 2.82. The van der Waals surface area contributed by atoms with Gasteiger partial charge in [0.25, 0.3) is 0 Å². The molecule has 0 radical (unpaired) electrons. The zero-order valence-corrected chi connectivity index (χ0v) is 9.73. The highest BCUT2D eigenvalue weighted by Gasteiger charge is 2.32. The molecule has 1 aliphatic rings. The number of hydrogen-bond donors (Lipinski definition) is 2. The smallest absolute Gasteiger partial charge is 0.239 e. The van der Waals surface area contributed by atoms with Gasteiger partial charge in [-0.2, -0.15) is 0 Å². The standard InChI is InChI=1S/C10H21N3O2/c1-8-6-11-10(15)9(7-14)13(8)5-4-12(2)3/h8-9,14H,4-7H2,1-3H3,(H,11,15). The van der Waals surface area contributed by atoms with Crippen molar-refractivity contribution in [2.75, 3.05) is 40.3 Å². The van der Waals surface area contributed by atoms with E-state index >= 15 is 0 Å². The van der Waals surface area contributed by atoms with E-state index in [1.54, 1.807) is 0 Å². The van der Waals surface area contributed by atoms with Crippen LogP contribution in [0.25, 0.3) is 0 Å². The van der Waals surface area contributed by atoms with E-state index in [-0.39, 0.29) is 18.6 Å². The molecule has 1 saturated heterocycles. The summed E-state index contributed by atoms with van der Waals surface area (Å²) >= 11 is 0. The van der Waals surface area contributed by atoms with Gasteiger partial charge < -0.3 is 15.3 Å². The molecule has 1 amide bonds. The Morgan fingerprint density at radius 3 is 2.80 bits per heavy atom. The van der Waals surface area contributed by atoms with E-state index in [4.69, 9.17) is 0 Å². The summed E-state index contributed by atoms with van der Waals surface area (Å²) in [5.74, 6) is -0.0608. The first-order valence-corrected chi connectivity index (χ1v) is 5.35. The number of aliphatic hydroxyl groups is 1. The van der Waals surface area contributed by atoms with Crippen LogP contribution in [-0.2, 0) is 4.79 Å². The van der Waals surface area contributed by atoms with Gasteiger partial charge in [0.1, 0.15) is 6.04 Å². The lowest BCUT2D eigenvalue weighted by molar-refractivity contribution is -0.132. The van der Waals surface area contributed by atoms with Crippen LogP contribution in [-0.4, -0.2) is 73.2 Å². The van der Waals surface area contributed by atoms with E-state index in [0.29, 0.717) is 12.6 Å². The Hall–Kier alpha value is -0.650. The second-order valence-corrected chi connectivity index (χ2v) is 4.33. The Balaban J connectivity index is 2.58. The maximum atomic E-state index is 11.5. The first-order valence-electron chi connectivity index (χ1n) is 5.35. The lowest BCUT2D eigenvalue weighted by atomic mass is 10.1. The lowest BCUT2D eigenvalue weighted by Gasteiger charge is -2.39. The Labute approximate surface area is 91.0 Å². The van der Waals surface area contributed by atoms with E-state index in [0.717, 1.165) is 13.1 Å². The summed E-state index contributed by atoms with van der Waals surface area (Å²) < 4.78 is 0. The number of amides is 1. The fourth-order valence-electron chi connectivity index (χ4n) is 1.82. The Bertz CT molecular complexity index is 221. The highest BCUT2D eigenvalue weighted by molar-refractivity contribution is 5.82. The van der Waals surface area contributed by atoms with E-state index < -0.39 is 0 Å². The molecule has 88 valence electrons.